The maximum absolute atomic E-state index is 5.37. The van der Waals surface area contributed by atoms with E-state index in [1.807, 2.05) is 17.5 Å². The Morgan fingerprint density at radius 1 is 1.32 bits per heavy atom. The van der Waals surface area contributed by atoms with E-state index in [2.05, 4.69) is 15.2 Å². The molecule has 1 saturated carbocycles. The molecular weight excluding hydrogens is 258 g/mol. The van der Waals surface area contributed by atoms with Crippen LogP contribution in [0.1, 0.15) is 35.6 Å². The number of rotatable bonds is 5. The molecule has 3 rings (SSSR count). The van der Waals surface area contributed by atoms with Crippen LogP contribution in [0.5, 0.6) is 0 Å². The molecule has 1 aliphatic carbocycles. The third-order valence-corrected chi connectivity index (χ3v) is 4.97. The standard InChI is InChI=1S/C14H23N3OS/c1-2-4-12(3-1)15-9-13-10-16-14(19-13)11-17-5-7-18-8-6-17/h10,12,15H,1-9,11H2. The van der Waals surface area contributed by atoms with Crippen molar-refractivity contribution < 1.29 is 4.74 Å². The summed E-state index contributed by atoms with van der Waals surface area (Å²) < 4.78 is 5.37. The van der Waals surface area contributed by atoms with Crippen molar-refractivity contribution in [2.75, 3.05) is 26.3 Å². The summed E-state index contributed by atoms with van der Waals surface area (Å²) in [4.78, 5) is 8.35. The van der Waals surface area contributed by atoms with E-state index >= 15 is 0 Å². The van der Waals surface area contributed by atoms with Gasteiger partial charge in [-0.3, -0.25) is 4.90 Å². The average molecular weight is 281 g/mol. The van der Waals surface area contributed by atoms with Gasteiger partial charge in [-0.25, -0.2) is 4.98 Å². The molecule has 0 amide bonds. The molecule has 19 heavy (non-hydrogen) atoms. The summed E-state index contributed by atoms with van der Waals surface area (Å²) in [5.41, 5.74) is 0. The van der Waals surface area contributed by atoms with E-state index in [0.29, 0.717) is 0 Å². The molecule has 4 nitrogen and oxygen atoms in total. The van der Waals surface area contributed by atoms with Crippen LogP contribution in [0.3, 0.4) is 0 Å². The monoisotopic (exact) mass is 281 g/mol. The van der Waals surface area contributed by atoms with E-state index in [1.54, 1.807) is 0 Å². The van der Waals surface area contributed by atoms with Crippen LogP contribution in [-0.2, 0) is 17.8 Å². The lowest BCUT2D eigenvalue weighted by Gasteiger charge is -2.25. The summed E-state index contributed by atoms with van der Waals surface area (Å²) in [6.45, 7) is 5.77. The van der Waals surface area contributed by atoms with Gasteiger partial charge in [-0.05, 0) is 12.8 Å². The molecule has 0 aromatic carbocycles. The van der Waals surface area contributed by atoms with Crippen molar-refractivity contribution in [1.82, 2.24) is 15.2 Å². The minimum absolute atomic E-state index is 0.741. The van der Waals surface area contributed by atoms with Crippen molar-refractivity contribution >= 4 is 11.3 Å². The Morgan fingerprint density at radius 3 is 2.89 bits per heavy atom. The Kier molecular flexibility index (Phi) is 4.82. The molecular formula is C14H23N3OS. The second kappa shape index (κ2) is 6.79. The summed E-state index contributed by atoms with van der Waals surface area (Å²) in [5.74, 6) is 0. The SMILES string of the molecule is c1nc(CN2CCOCC2)sc1CNC1CCCC1. The molecule has 0 spiro atoms. The molecule has 1 saturated heterocycles. The normalized spacial score (nSPS) is 22.1. The zero-order valence-corrected chi connectivity index (χ0v) is 12.3. The van der Waals surface area contributed by atoms with Gasteiger partial charge in [0.1, 0.15) is 5.01 Å². The molecule has 0 bridgehead atoms. The van der Waals surface area contributed by atoms with Crippen molar-refractivity contribution in [3.05, 3.63) is 16.1 Å². The highest BCUT2D eigenvalue weighted by Crippen LogP contribution is 2.20. The molecule has 2 fully saturated rings. The predicted octanol–water partition coefficient (Wildman–Crippen LogP) is 2.01. The minimum Gasteiger partial charge on any atom is -0.379 e. The van der Waals surface area contributed by atoms with E-state index in [1.165, 1.54) is 35.6 Å². The average Bonchev–Trinajstić information content (AvgIpc) is 3.09. The van der Waals surface area contributed by atoms with Crippen molar-refractivity contribution in [3.63, 3.8) is 0 Å². The van der Waals surface area contributed by atoms with Gasteiger partial charge in [-0.15, -0.1) is 11.3 Å². The van der Waals surface area contributed by atoms with Crippen LogP contribution in [0, 0.1) is 0 Å². The van der Waals surface area contributed by atoms with Crippen LogP contribution < -0.4 is 5.32 Å². The zero-order valence-electron chi connectivity index (χ0n) is 11.4. The number of thiazole rings is 1. The van der Waals surface area contributed by atoms with Crippen LogP contribution >= 0.6 is 11.3 Å². The second-order valence-corrected chi connectivity index (χ2v) is 6.67. The van der Waals surface area contributed by atoms with Gasteiger partial charge >= 0.3 is 0 Å². The molecule has 1 N–H and O–H groups in total. The number of hydrogen-bond acceptors (Lipinski definition) is 5. The quantitative estimate of drug-likeness (QED) is 0.896. The second-order valence-electron chi connectivity index (χ2n) is 5.47. The van der Waals surface area contributed by atoms with Gasteiger partial charge in [-0.1, -0.05) is 12.8 Å². The van der Waals surface area contributed by atoms with Crippen LogP contribution in [0.15, 0.2) is 6.20 Å². The van der Waals surface area contributed by atoms with Crippen molar-refractivity contribution in [2.24, 2.45) is 0 Å². The first-order valence-electron chi connectivity index (χ1n) is 7.37. The van der Waals surface area contributed by atoms with Crippen LogP contribution in [-0.4, -0.2) is 42.2 Å². The van der Waals surface area contributed by atoms with Crippen LogP contribution in [0.4, 0.5) is 0 Å². The maximum Gasteiger partial charge on any atom is 0.107 e. The van der Waals surface area contributed by atoms with Gasteiger partial charge in [0.25, 0.3) is 0 Å². The smallest absolute Gasteiger partial charge is 0.107 e. The lowest BCUT2D eigenvalue weighted by molar-refractivity contribution is 0.0341. The fraction of sp³-hybridized carbons (Fsp3) is 0.786. The summed E-state index contributed by atoms with van der Waals surface area (Å²) in [6, 6.07) is 0.741. The molecule has 5 heteroatoms. The first-order valence-corrected chi connectivity index (χ1v) is 8.19. The highest BCUT2D eigenvalue weighted by atomic mass is 32.1. The Labute approximate surface area is 119 Å². The van der Waals surface area contributed by atoms with Gasteiger partial charge in [0.15, 0.2) is 0 Å². The largest absolute Gasteiger partial charge is 0.379 e. The Hall–Kier alpha value is -0.490. The maximum atomic E-state index is 5.37. The van der Waals surface area contributed by atoms with Crippen molar-refractivity contribution in [2.45, 2.75) is 44.8 Å². The fourth-order valence-electron chi connectivity index (χ4n) is 2.83. The van der Waals surface area contributed by atoms with Gasteiger partial charge in [-0.2, -0.15) is 0 Å². The lowest BCUT2D eigenvalue weighted by Crippen LogP contribution is -2.35. The number of nitrogens with one attached hydrogen (secondary N) is 1. The van der Waals surface area contributed by atoms with Gasteiger partial charge < -0.3 is 10.1 Å². The third-order valence-electron chi connectivity index (χ3n) is 3.98. The first kappa shape index (κ1) is 13.5. The minimum atomic E-state index is 0.741. The molecule has 106 valence electrons. The molecule has 1 aromatic rings. The Balaban J connectivity index is 1.45. The number of morpholine rings is 1. The molecule has 1 aliphatic heterocycles. The van der Waals surface area contributed by atoms with E-state index in [4.69, 9.17) is 4.74 Å². The van der Waals surface area contributed by atoms with E-state index in [0.717, 1.165) is 45.4 Å². The Morgan fingerprint density at radius 2 is 2.11 bits per heavy atom. The van der Waals surface area contributed by atoms with Gasteiger partial charge in [0.05, 0.1) is 19.8 Å². The van der Waals surface area contributed by atoms with Crippen molar-refractivity contribution in [1.29, 1.82) is 0 Å². The van der Waals surface area contributed by atoms with Crippen molar-refractivity contribution in [3.8, 4) is 0 Å². The summed E-state index contributed by atoms with van der Waals surface area (Å²) >= 11 is 1.85. The number of ether oxygens (including phenoxy) is 1. The third kappa shape index (κ3) is 3.99. The Bertz CT molecular complexity index is 384. The predicted molar refractivity (Wildman–Crippen MR) is 77.3 cm³/mol. The molecule has 0 unspecified atom stereocenters. The number of nitrogens with zero attached hydrogens (tertiary/aromatic N) is 2. The lowest BCUT2D eigenvalue weighted by atomic mass is 10.2. The molecule has 2 aliphatic rings. The summed E-state index contributed by atoms with van der Waals surface area (Å²) in [7, 11) is 0. The zero-order chi connectivity index (χ0) is 12.9. The molecule has 0 radical (unpaired) electrons. The van der Waals surface area contributed by atoms with E-state index in [9.17, 15) is 0 Å². The van der Waals surface area contributed by atoms with Crippen LogP contribution in [0.25, 0.3) is 0 Å². The molecule has 0 atom stereocenters. The van der Waals surface area contributed by atoms with Gasteiger partial charge in [0, 0.05) is 36.8 Å². The molecule has 2 heterocycles. The number of aromatic nitrogens is 1. The topological polar surface area (TPSA) is 37.4 Å². The van der Waals surface area contributed by atoms with Gasteiger partial charge in [0.2, 0.25) is 0 Å². The number of hydrogen-bond donors (Lipinski definition) is 1. The first-order chi connectivity index (χ1) is 9.40. The highest BCUT2D eigenvalue weighted by Gasteiger charge is 2.15. The fourth-order valence-corrected chi connectivity index (χ4v) is 3.74. The summed E-state index contributed by atoms with van der Waals surface area (Å²) in [6.07, 6.45) is 7.52. The highest BCUT2D eigenvalue weighted by molar-refractivity contribution is 7.11. The van der Waals surface area contributed by atoms with E-state index in [-0.39, 0.29) is 0 Å². The molecule has 1 aromatic heterocycles. The van der Waals surface area contributed by atoms with Crippen LogP contribution in [0.2, 0.25) is 0 Å². The summed E-state index contributed by atoms with van der Waals surface area (Å²) in [5, 5.41) is 4.89. The van der Waals surface area contributed by atoms with E-state index < -0.39 is 0 Å².